The molecule has 4 nitrogen and oxygen atoms in total. The van der Waals surface area contributed by atoms with Crippen molar-refractivity contribution in [2.45, 2.75) is 27.7 Å². The van der Waals surface area contributed by atoms with Crippen LogP contribution in [0.4, 0.5) is 0 Å². The molecule has 116 valence electrons. The summed E-state index contributed by atoms with van der Waals surface area (Å²) in [5.74, 6) is 0. The highest BCUT2D eigenvalue weighted by Crippen LogP contribution is 2.25. The van der Waals surface area contributed by atoms with E-state index in [2.05, 4.69) is 76.2 Å². The number of rotatable bonds is 0. The molecule has 0 aliphatic rings. The zero-order valence-corrected chi connectivity index (χ0v) is 13.7. The molecule has 2 aromatic rings. The quantitative estimate of drug-likeness (QED) is 0.649. The fraction of sp³-hybridized carbons (Fsp3) is 0.250. The van der Waals surface area contributed by atoms with Crippen molar-refractivity contribution in [1.29, 1.82) is 0 Å². The minimum atomic E-state index is -4.64. The minimum Gasteiger partial charge on any atom is -0.303 e. The van der Waals surface area contributed by atoms with Crippen LogP contribution in [-0.2, 0) is 4.57 Å². The summed E-state index contributed by atoms with van der Waals surface area (Å²) in [4.78, 5) is 21.6. The Bertz CT molecular complexity index is 504. The molecule has 0 radical (unpaired) electrons. The molecule has 3 N–H and O–H groups in total. The maximum Gasteiger partial charge on any atom is 0.466 e. The van der Waals surface area contributed by atoms with Crippen LogP contribution >= 0.6 is 7.82 Å². The molecule has 21 heavy (non-hydrogen) atoms. The van der Waals surface area contributed by atoms with E-state index in [4.69, 9.17) is 19.2 Å². The van der Waals surface area contributed by atoms with Gasteiger partial charge in [0.2, 0.25) is 0 Å². The first-order valence-electron chi connectivity index (χ1n) is 6.43. The molecule has 0 saturated heterocycles. The van der Waals surface area contributed by atoms with Gasteiger partial charge in [0.1, 0.15) is 0 Å². The number of hydrogen-bond donors (Lipinski definition) is 3. The summed E-state index contributed by atoms with van der Waals surface area (Å²) in [6, 6.07) is 16.9. The van der Waals surface area contributed by atoms with Crippen LogP contribution < -0.4 is 0 Å². The second-order valence-electron chi connectivity index (χ2n) is 4.83. The van der Waals surface area contributed by atoms with Crippen LogP contribution in [0.1, 0.15) is 22.3 Å². The average Bonchev–Trinajstić information content (AvgIpc) is 2.26. The molecule has 0 saturated carbocycles. The van der Waals surface area contributed by atoms with Crippen LogP contribution in [0.3, 0.4) is 0 Å². The lowest BCUT2D eigenvalue weighted by Crippen LogP contribution is -1.71. The van der Waals surface area contributed by atoms with Crippen LogP contribution in [0, 0.1) is 27.7 Å². The summed E-state index contributed by atoms with van der Waals surface area (Å²) in [6.07, 6.45) is 0. The predicted octanol–water partition coefficient (Wildman–Crippen LogP) is 3.68. The zero-order valence-electron chi connectivity index (χ0n) is 12.8. The van der Waals surface area contributed by atoms with Gasteiger partial charge in [-0.1, -0.05) is 70.8 Å². The van der Waals surface area contributed by atoms with Crippen molar-refractivity contribution in [3.05, 3.63) is 70.8 Å². The van der Waals surface area contributed by atoms with Crippen molar-refractivity contribution in [2.24, 2.45) is 0 Å². The van der Waals surface area contributed by atoms with Crippen molar-refractivity contribution in [3.63, 3.8) is 0 Å². The van der Waals surface area contributed by atoms with Gasteiger partial charge >= 0.3 is 7.82 Å². The molecule has 5 heteroatoms. The van der Waals surface area contributed by atoms with Crippen molar-refractivity contribution in [3.8, 4) is 0 Å². The zero-order chi connectivity index (χ0) is 16.5. The monoisotopic (exact) mass is 310 g/mol. The maximum atomic E-state index is 8.88. The molecular formula is C16H23O4P. The third-order valence-corrected chi connectivity index (χ3v) is 2.35. The predicted molar refractivity (Wildman–Crippen MR) is 86.1 cm³/mol. The maximum absolute atomic E-state index is 8.88. The van der Waals surface area contributed by atoms with E-state index >= 15 is 0 Å². The number of aryl methyl sites for hydroxylation is 4. The Kier molecular flexibility index (Phi) is 8.83. The Morgan fingerprint density at radius 3 is 0.952 bits per heavy atom. The molecule has 0 aliphatic heterocycles. The summed E-state index contributed by atoms with van der Waals surface area (Å²) in [5, 5.41) is 0. The van der Waals surface area contributed by atoms with Crippen LogP contribution in [0.15, 0.2) is 48.5 Å². The van der Waals surface area contributed by atoms with Gasteiger partial charge in [-0.3, -0.25) is 0 Å². The van der Waals surface area contributed by atoms with Gasteiger partial charge in [-0.15, -0.1) is 0 Å². The van der Waals surface area contributed by atoms with Crippen LogP contribution in [-0.4, -0.2) is 14.7 Å². The average molecular weight is 310 g/mol. The van der Waals surface area contributed by atoms with E-state index in [9.17, 15) is 0 Å². The van der Waals surface area contributed by atoms with E-state index in [0.717, 1.165) is 0 Å². The lowest BCUT2D eigenvalue weighted by atomic mass is 10.2. The second-order valence-corrected chi connectivity index (χ2v) is 5.86. The summed E-state index contributed by atoms with van der Waals surface area (Å²) in [5.41, 5.74) is 5.35. The van der Waals surface area contributed by atoms with Gasteiger partial charge in [-0.05, 0) is 27.7 Å². The number of hydrogen-bond acceptors (Lipinski definition) is 1. The highest BCUT2D eigenvalue weighted by Gasteiger charge is 2.00. The van der Waals surface area contributed by atoms with Gasteiger partial charge < -0.3 is 14.7 Å². The van der Waals surface area contributed by atoms with E-state index in [-0.39, 0.29) is 0 Å². The Morgan fingerprint density at radius 1 is 0.667 bits per heavy atom. The van der Waals surface area contributed by atoms with Crippen molar-refractivity contribution in [2.75, 3.05) is 0 Å². The van der Waals surface area contributed by atoms with Gasteiger partial charge in [-0.25, -0.2) is 4.57 Å². The van der Waals surface area contributed by atoms with Crippen LogP contribution in [0.2, 0.25) is 0 Å². The first kappa shape index (κ1) is 19.6. The van der Waals surface area contributed by atoms with Crippen LogP contribution in [0.25, 0.3) is 0 Å². The van der Waals surface area contributed by atoms with Crippen molar-refractivity contribution in [1.82, 2.24) is 0 Å². The van der Waals surface area contributed by atoms with Gasteiger partial charge in [0, 0.05) is 0 Å². The largest absolute Gasteiger partial charge is 0.466 e. The third kappa shape index (κ3) is 14.8. The SMILES string of the molecule is Cc1cccc(C)c1.Cc1cccc(C)c1.O=P(O)(O)O. The molecule has 0 fully saturated rings. The van der Waals surface area contributed by atoms with Gasteiger partial charge in [0.25, 0.3) is 0 Å². The molecule has 0 atom stereocenters. The van der Waals surface area contributed by atoms with E-state index < -0.39 is 7.82 Å². The molecular weight excluding hydrogens is 287 g/mol. The Balaban J connectivity index is 0.000000296. The molecule has 0 spiro atoms. The molecule has 2 aromatic carbocycles. The Labute approximate surface area is 126 Å². The van der Waals surface area contributed by atoms with Crippen molar-refractivity contribution < 1.29 is 19.2 Å². The van der Waals surface area contributed by atoms with E-state index in [1.807, 2.05) is 0 Å². The topological polar surface area (TPSA) is 77.8 Å². The van der Waals surface area contributed by atoms with E-state index in [1.165, 1.54) is 22.3 Å². The standard InChI is InChI=1S/2C8H10.H3O4P/c2*1-7-4-3-5-8(2)6-7;1-5(2,3)4/h2*3-6H,1-2H3;(H3,1,2,3,4). The number of benzene rings is 2. The Morgan fingerprint density at radius 2 is 0.857 bits per heavy atom. The molecule has 0 amide bonds. The smallest absolute Gasteiger partial charge is 0.303 e. The van der Waals surface area contributed by atoms with Gasteiger partial charge in [0.05, 0.1) is 0 Å². The second kappa shape index (κ2) is 9.48. The molecule has 0 heterocycles. The molecule has 0 unspecified atom stereocenters. The highest BCUT2D eigenvalue weighted by atomic mass is 31.2. The summed E-state index contributed by atoms with van der Waals surface area (Å²) in [6.45, 7) is 8.42. The Hall–Kier alpha value is -1.45. The summed E-state index contributed by atoms with van der Waals surface area (Å²) in [7, 11) is -4.64. The van der Waals surface area contributed by atoms with Gasteiger partial charge in [-0.2, -0.15) is 0 Å². The normalized spacial score (nSPS) is 9.86. The van der Waals surface area contributed by atoms with E-state index in [0.29, 0.717) is 0 Å². The lowest BCUT2D eigenvalue weighted by Gasteiger charge is -1.90. The lowest BCUT2D eigenvalue weighted by molar-refractivity contribution is 0.275. The van der Waals surface area contributed by atoms with Crippen LogP contribution in [0.5, 0.6) is 0 Å². The highest BCUT2D eigenvalue weighted by molar-refractivity contribution is 7.45. The molecule has 0 aromatic heterocycles. The molecule has 0 bridgehead atoms. The fourth-order valence-electron chi connectivity index (χ4n) is 1.61. The summed E-state index contributed by atoms with van der Waals surface area (Å²) < 4.78 is 8.88. The fourth-order valence-corrected chi connectivity index (χ4v) is 1.61. The summed E-state index contributed by atoms with van der Waals surface area (Å²) >= 11 is 0. The molecule has 2 rings (SSSR count). The molecule has 0 aliphatic carbocycles. The first-order valence-corrected chi connectivity index (χ1v) is 7.99. The third-order valence-electron chi connectivity index (χ3n) is 2.35. The van der Waals surface area contributed by atoms with Crippen molar-refractivity contribution >= 4 is 7.82 Å². The number of phosphoric acid groups is 1. The van der Waals surface area contributed by atoms with E-state index in [1.54, 1.807) is 0 Å². The van der Waals surface area contributed by atoms with Gasteiger partial charge in [0.15, 0.2) is 0 Å². The first-order chi connectivity index (χ1) is 9.58. The minimum absolute atomic E-state index is 1.34.